The Morgan fingerprint density at radius 3 is 2.58 bits per heavy atom. The van der Waals surface area contributed by atoms with Crippen LogP contribution in [-0.4, -0.2) is 42.2 Å². The highest BCUT2D eigenvalue weighted by Crippen LogP contribution is 2.36. The number of nitrogens with two attached hydrogens (primary N) is 1. The molecule has 0 bridgehead atoms. The Bertz CT molecular complexity index is 328. The number of guanidine groups is 1. The predicted octanol–water partition coefficient (Wildman–Crippen LogP) is 2.28. The van der Waals surface area contributed by atoms with Gasteiger partial charge in [0, 0.05) is 13.2 Å². The van der Waals surface area contributed by atoms with Crippen LogP contribution in [0.15, 0.2) is 4.99 Å². The lowest BCUT2D eigenvalue weighted by molar-refractivity contribution is 0.0568. The molecule has 0 aromatic heterocycles. The summed E-state index contributed by atoms with van der Waals surface area (Å²) >= 11 is 0. The van der Waals surface area contributed by atoms with Crippen molar-refractivity contribution in [1.82, 2.24) is 4.90 Å². The monoisotopic (exact) mass is 265 g/mol. The molecule has 1 spiro atoms. The minimum absolute atomic E-state index is 0.219. The van der Waals surface area contributed by atoms with Crippen molar-refractivity contribution >= 4 is 5.96 Å². The van der Waals surface area contributed by atoms with Gasteiger partial charge in [0.25, 0.3) is 0 Å². The second-order valence-corrected chi connectivity index (χ2v) is 6.41. The Morgan fingerprint density at radius 2 is 1.89 bits per heavy atom. The highest BCUT2D eigenvalue weighted by molar-refractivity contribution is 5.81. The Hall–Kier alpha value is -0.770. The van der Waals surface area contributed by atoms with Gasteiger partial charge in [0.2, 0.25) is 0 Å². The zero-order valence-corrected chi connectivity index (χ0v) is 11.9. The van der Waals surface area contributed by atoms with Crippen LogP contribution >= 0.6 is 0 Å². The van der Waals surface area contributed by atoms with Crippen LogP contribution in [0.1, 0.15) is 57.8 Å². The van der Waals surface area contributed by atoms with E-state index in [4.69, 9.17) is 10.5 Å². The molecule has 4 heteroatoms. The second kappa shape index (κ2) is 5.70. The summed E-state index contributed by atoms with van der Waals surface area (Å²) in [5, 5.41) is 0. The largest absolute Gasteiger partial charge is 0.376 e. The molecule has 1 saturated carbocycles. The number of rotatable bonds is 2. The first kappa shape index (κ1) is 13.2. The minimum atomic E-state index is 0.219. The van der Waals surface area contributed by atoms with Crippen molar-refractivity contribution in [2.75, 3.05) is 19.7 Å². The highest BCUT2D eigenvalue weighted by atomic mass is 16.5. The fourth-order valence-electron chi connectivity index (χ4n) is 3.91. The molecule has 0 amide bonds. The molecule has 2 aliphatic heterocycles. The molecule has 2 N–H and O–H groups in total. The van der Waals surface area contributed by atoms with Crippen molar-refractivity contribution in [2.45, 2.75) is 69.4 Å². The number of aliphatic imine (C=N–C) groups is 1. The summed E-state index contributed by atoms with van der Waals surface area (Å²) in [6.07, 6.45) is 12.0. The Kier molecular flexibility index (Phi) is 3.96. The quantitative estimate of drug-likeness (QED) is 0.833. The SMILES string of the molecule is NC1=NCC2(CCCCCCC2)N1CC1CCCO1. The maximum atomic E-state index is 6.17. The summed E-state index contributed by atoms with van der Waals surface area (Å²) in [4.78, 5) is 6.97. The van der Waals surface area contributed by atoms with Gasteiger partial charge in [0.1, 0.15) is 0 Å². The molecule has 1 aliphatic carbocycles. The van der Waals surface area contributed by atoms with Gasteiger partial charge in [-0.3, -0.25) is 4.99 Å². The van der Waals surface area contributed by atoms with Crippen molar-refractivity contribution in [3.8, 4) is 0 Å². The smallest absolute Gasteiger partial charge is 0.191 e. The van der Waals surface area contributed by atoms with Gasteiger partial charge < -0.3 is 15.4 Å². The van der Waals surface area contributed by atoms with Gasteiger partial charge >= 0.3 is 0 Å². The molecule has 19 heavy (non-hydrogen) atoms. The third-order valence-electron chi connectivity index (χ3n) is 5.08. The summed E-state index contributed by atoms with van der Waals surface area (Å²) in [5.74, 6) is 0.760. The van der Waals surface area contributed by atoms with E-state index >= 15 is 0 Å². The lowest BCUT2D eigenvalue weighted by Gasteiger charge is -2.41. The van der Waals surface area contributed by atoms with E-state index in [1.165, 1.54) is 57.8 Å². The summed E-state index contributed by atoms with van der Waals surface area (Å²) in [6, 6.07) is 0. The van der Waals surface area contributed by atoms with E-state index in [0.717, 1.165) is 25.7 Å². The van der Waals surface area contributed by atoms with Crippen LogP contribution in [0.4, 0.5) is 0 Å². The van der Waals surface area contributed by atoms with E-state index in [1.54, 1.807) is 0 Å². The molecule has 0 aromatic rings. The topological polar surface area (TPSA) is 50.8 Å². The molecule has 1 saturated heterocycles. The van der Waals surface area contributed by atoms with E-state index in [0.29, 0.717) is 6.10 Å². The van der Waals surface area contributed by atoms with Gasteiger partial charge in [0.15, 0.2) is 5.96 Å². The fourth-order valence-corrected chi connectivity index (χ4v) is 3.91. The molecule has 0 radical (unpaired) electrons. The molecule has 4 nitrogen and oxygen atoms in total. The van der Waals surface area contributed by atoms with E-state index in [2.05, 4.69) is 9.89 Å². The molecule has 2 heterocycles. The van der Waals surface area contributed by atoms with E-state index < -0.39 is 0 Å². The predicted molar refractivity (Wildman–Crippen MR) is 77.2 cm³/mol. The lowest BCUT2D eigenvalue weighted by atomic mass is 9.83. The molecule has 1 atom stereocenters. The van der Waals surface area contributed by atoms with E-state index in [9.17, 15) is 0 Å². The van der Waals surface area contributed by atoms with Crippen molar-refractivity contribution < 1.29 is 4.74 Å². The van der Waals surface area contributed by atoms with Gasteiger partial charge in [-0.25, -0.2) is 0 Å². The van der Waals surface area contributed by atoms with Crippen molar-refractivity contribution in [3.63, 3.8) is 0 Å². The molecule has 1 unspecified atom stereocenters. The third-order valence-corrected chi connectivity index (χ3v) is 5.08. The first-order chi connectivity index (χ1) is 9.30. The summed E-state index contributed by atoms with van der Waals surface area (Å²) in [5.41, 5.74) is 6.39. The van der Waals surface area contributed by atoms with Crippen molar-refractivity contribution in [3.05, 3.63) is 0 Å². The minimum Gasteiger partial charge on any atom is -0.376 e. The molecule has 3 rings (SSSR count). The fraction of sp³-hybridized carbons (Fsp3) is 0.933. The molecule has 108 valence electrons. The van der Waals surface area contributed by atoms with Gasteiger partial charge in [0.05, 0.1) is 18.2 Å². The first-order valence-corrected chi connectivity index (χ1v) is 7.99. The second-order valence-electron chi connectivity index (χ2n) is 6.41. The van der Waals surface area contributed by atoms with Gasteiger partial charge in [-0.1, -0.05) is 32.1 Å². The molecular formula is C15H27N3O. The summed E-state index contributed by atoms with van der Waals surface area (Å²) in [6.45, 7) is 2.78. The average Bonchev–Trinajstić information content (AvgIpc) is 2.98. The van der Waals surface area contributed by atoms with Gasteiger partial charge in [-0.05, 0) is 25.7 Å². The van der Waals surface area contributed by atoms with E-state index in [-0.39, 0.29) is 5.54 Å². The highest BCUT2D eigenvalue weighted by Gasteiger charge is 2.42. The number of nitrogens with zero attached hydrogens (tertiary/aromatic N) is 2. The van der Waals surface area contributed by atoms with Crippen molar-refractivity contribution in [2.24, 2.45) is 10.7 Å². The zero-order chi connectivity index (χ0) is 13.1. The van der Waals surface area contributed by atoms with E-state index in [1.807, 2.05) is 0 Å². The molecule has 0 aromatic carbocycles. The molecular weight excluding hydrogens is 238 g/mol. The van der Waals surface area contributed by atoms with Crippen LogP contribution in [0.25, 0.3) is 0 Å². The number of ether oxygens (including phenoxy) is 1. The van der Waals surface area contributed by atoms with Gasteiger partial charge in [-0.2, -0.15) is 0 Å². The van der Waals surface area contributed by atoms with Crippen LogP contribution in [0.3, 0.4) is 0 Å². The van der Waals surface area contributed by atoms with Gasteiger partial charge in [-0.15, -0.1) is 0 Å². The first-order valence-electron chi connectivity index (χ1n) is 7.99. The van der Waals surface area contributed by atoms with Crippen LogP contribution in [-0.2, 0) is 4.74 Å². The number of hydrogen-bond acceptors (Lipinski definition) is 4. The Balaban J connectivity index is 1.70. The maximum absolute atomic E-state index is 6.17. The molecule has 2 fully saturated rings. The normalized spacial score (nSPS) is 31.3. The summed E-state index contributed by atoms with van der Waals surface area (Å²) in [7, 11) is 0. The van der Waals surface area contributed by atoms with Crippen LogP contribution in [0.5, 0.6) is 0 Å². The standard InChI is InChI=1S/C15H27N3O/c16-14-17-12-15(8-4-2-1-3-5-9-15)18(14)11-13-7-6-10-19-13/h13H,1-12H2,(H2,16,17). The van der Waals surface area contributed by atoms with Crippen LogP contribution < -0.4 is 5.73 Å². The average molecular weight is 265 g/mol. The Labute approximate surface area is 116 Å². The van der Waals surface area contributed by atoms with Crippen LogP contribution in [0, 0.1) is 0 Å². The third kappa shape index (κ3) is 2.73. The number of hydrogen-bond donors (Lipinski definition) is 1. The zero-order valence-electron chi connectivity index (χ0n) is 11.9. The van der Waals surface area contributed by atoms with Crippen LogP contribution in [0.2, 0.25) is 0 Å². The Morgan fingerprint density at radius 1 is 1.16 bits per heavy atom. The lowest BCUT2D eigenvalue weighted by Crippen LogP contribution is -2.54. The molecule has 3 aliphatic rings. The summed E-state index contributed by atoms with van der Waals surface area (Å²) < 4.78 is 5.80. The van der Waals surface area contributed by atoms with Crippen molar-refractivity contribution in [1.29, 1.82) is 0 Å². The maximum Gasteiger partial charge on any atom is 0.191 e.